The second-order valence-electron chi connectivity index (χ2n) is 8.48. The third-order valence-corrected chi connectivity index (χ3v) is 5.85. The SMILES string of the molecule is C=C(/C(F)=c1/c(-c2nc3c(-c4cc(F)cc(CNC)c4)cncc3[nH]2)n[nH]/c1=C/C)c1cccnc1.C=C=C.CC. The number of imidazole rings is 1. The Bertz CT molecular complexity index is 1800. The van der Waals surface area contributed by atoms with Gasteiger partial charge in [0.25, 0.3) is 0 Å². The molecule has 0 atom stereocenters. The highest BCUT2D eigenvalue weighted by Crippen LogP contribution is 2.29. The molecule has 0 unspecified atom stereocenters. The number of fused-ring (bicyclic) bond motifs is 1. The number of rotatable bonds is 6. The van der Waals surface area contributed by atoms with Crippen molar-refractivity contribution in [3.05, 3.63) is 108 Å². The Balaban J connectivity index is 0.000000868. The summed E-state index contributed by atoms with van der Waals surface area (Å²) in [6, 6.07) is 8.28. The van der Waals surface area contributed by atoms with Crippen molar-refractivity contribution in [1.29, 1.82) is 0 Å². The predicted molar refractivity (Wildman–Crippen MR) is 163 cm³/mol. The zero-order valence-electron chi connectivity index (χ0n) is 23.6. The minimum atomic E-state index is -0.541. The van der Waals surface area contributed by atoms with E-state index in [0.717, 1.165) is 5.56 Å². The zero-order valence-corrected chi connectivity index (χ0v) is 23.6. The average molecular weight is 554 g/mol. The topological polar surface area (TPSA) is 95.2 Å². The van der Waals surface area contributed by atoms with E-state index < -0.39 is 5.83 Å². The number of aromatic amines is 2. The van der Waals surface area contributed by atoms with Crippen LogP contribution in [0.3, 0.4) is 0 Å². The quantitative estimate of drug-likeness (QED) is 0.230. The molecule has 0 aliphatic rings. The Morgan fingerprint density at radius 1 is 1.12 bits per heavy atom. The van der Waals surface area contributed by atoms with Gasteiger partial charge in [-0.1, -0.05) is 45.7 Å². The molecule has 3 N–H and O–H groups in total. The largest absolute Gasteiger partial charge is 0.335 e. The number of halogens is 2. The molecular formula is C32H33F2N7. The van der Waals surface area contributed by atoms with Crippen molar-refractivity contribution < 1.29 is 8.78 Å². The van der Waals surface area contributed by atoms with Gasteiger partial charge in [-0.3, -0.25) is 15.1 Å². The fourth-order valence-corrected chi connectivity index (χ4v) is 4.15. The summed E-state index contributed by atoms with van der Waals surface area (Å²) in [6.07, 6.45) is 8.16. The molecule has 5 rings (SSSR count). The van der Waals surface area contributed by atoms with Gasteiger partial charge in [0.2, 0.25) is 0 Å². The first kappa shape index (κ1) is 30.6. The van der Waals surface area contributed by atoms with Crippen LogP contribution in [-0.2, 0) is 6.54 Å². The van der Waals surface area contributed by atoms with Crippen molar-refractivity contribution in [2.45, 2.75) is 27.3 Å². The van der Waals surface area contributed by atoms with Crippen LogP contribution in [0.15, 0.2) is 80.6 Å². The normalized spacial score (nSPS) is 11.6. The first-order valence-corrected chi connectivity index (χ1v) is 13.0. The Hall–Kier alpha value is -4.98. The second-order valence-corrected chi connectivity index (χ2v) is 8.48. The van der Waals surface area contributed by atoms with Gasteiger partial charge in [0.1, 0.15) is 17.3 Å². The standard InChI is InChI=1S/C27H23F2N7.C3H4.C2H6/c1-4-21-23(24(29)15(2)17-6-5-7-31-12-17)26(36-35-21)27-33-22-14-32-13-20(25(22)34-27)18-8-16(11-30-3)9-19(28)10-18;1-3-2;1-2/h4-10,12-14,30,35H,2,11H2,1,3H3,(H,33,34);1-2H2;1-2H3/b21-4+,24-23-;;. The third kappa shape index (κ3) is 6.78. The number of hydrogen-bond donors (Lipinski definition) is 3. The van der Waals surface area contributed by atoms with E-state index in [0.29, 0.717) is 51.1 Å². The Morgan fingerprint density at radius 2 is 1.88 bits per heavy atom. The van der Waals surface area contributed by atoms with Crippen molar-refractivity contribution in [3.63, 3.8) is 0 Å². The molecule has 0 aliphatic carbocycles. The number of nitrogens with zero attached hydrogens (tertiary/aromatic N) is 4. The molecule has 4 heterocycles. The molecule has 4 aromatic heterocycles. The van der Waals surface area contributed by atoms with Crippen LogP contribution < -0.4 is 15.9 Å². The summed E-state index contributed by atoms with van der Waals surface area (Å²) in [7, 11) is 1.80. The van der Waals surface area contributed by atoms with E-state index >= 15 is 4.39 Å². The molecule has 1 aromatic carbocycles. The number of benzene rings is 1. The molecule has 0 spiro atoms. The fourth-order valence-electron chi connectivity index (χ4n) is 4.15. The molecule has 0 radical (unpaired) electrons. The summed E-state index contributed by atoms with van der Waals surface area (Å²) in [5.74, 6) is -0.547. The van der Waals surface area contributed by atoms with Crippen molar-refractivity contribution in [1.82, 2.24) is 35.5 Å². The monoisotopic (exact) mass is 553 g/mol. The molecule has 0 aliphatic heterocycles. The summed E-state index contributed by atoms with van der Waals surface area (Å²) in [6.45, 7) is 16.5. The zero-order chi connectivity index (χ0) is 29.9. The van der Waals surface area contributed by atoms with E-state index in [2.05, 4.69) is 55.9 Å². The Labute approximate surface area is 237 Å². The van der Waals surface area contributed by atoms with Crippen LogP contribution in [0.1, 0.15) is 31.9 Å². The highest BCUT2D eigenvalue weighted by atomic mass is 19.1. The van der Waals surface area contributed by atoms with Gasteiger partial charge in [-0.05, 0) is 49.4 Å². The van der Waals surface area contributed by atoms with E-state index in [1.54, 1.807) is 57.0 Å². The molecule has 0 saturated heterocycles. The van der Waals surface area contributed by atoms with Gasteiger partial charge in [0.05, 0.1) is 27.8 Å². The predicted octanol–water partition coefficient (Wildman–Crippen LogP) is 5.84. The van der Waals surface area contributed by atoms with Gasteiger partial charge in [-0.15, -0.1) is 5.73 Å². The first-order chi connectivity index (χ1) is 19.9. The number of H-pyrrole nitrogens is 2. The highest BCUT2D eigenvalue weighted by molar-refractivity contribution is 5.95. The third-order valence-electron chi connectivity index (χ3n) is 5.85. The summed E-state index contributed by atoms with van der Waals surface area (Å²) in [4.78, 5) is 16.3. The minimum Gasteiger partial charge on any atom is -0.335 e. The number of nitrogens with one attached hydrogen (secondary N) is 3. The molecule has 210 valence electrons. The van der Waals surface area contributed by atoms with E-state index in [-0.39, 0.29) is 16.6 Å². The molecule has 5 aromatic rings. The maximum absolute atomic E-state index is 15.8. The van der Waals surface area contributed by atoms with Crippen LogP contribution in [-0.4, -0.2) is 37.2 Å². The van der Waals surface area contributed by atoms with E-state index in [1.807, 2.05) is 19.9 Å². The Kier molecular flexibility index (Phi) is 10.7. The molecule has 9 heteroatoms. The molecule has 0 amide bonds. The van der Waals surface area contributed by atoms with Gasteiger partial charge in [0, 0.05) is 41.8 Å². The van der Waals surface area contributed by atoms with Crippen LogP contribution in [0.4, 0.5) is 8.78 Å². The van der Waals surface area contributed by atoms with Gasteiger partial charge in [-0.25, -0.2) is 13.8 Å². The molecule has 7 nitrogen and oxygen atoms in total. The molecule has 0 fully saturated rings. The lowest BCUT2D eigenvalue weighted by Crippen LogP contribution is -2.26. The van der Waals surface area contributed by atoms with Gasteiger partial charge >= 0.3 is 0 Å². The summed E-state index contributed by atoms with van der Waals surface area (Å²) < 4.78 is 30.2. The minimum absolute atomic E-state index is 0.184. The number of pyridine rings is 2. The van der Waals surface area contributed by atoms with Crippen LogP contribution in [0.5, 0.6) is 0 Å². The van der Waals surface area contributed by atoms with E-state index in [9.17, 15) is 4.39 Å². The average Bonchev–Trinajstić information content (AvgIpc) is 3.62. The number of hydrogen-bond acceptors (Lipinski definition) is 5. The van der Waals surface area contributed by atoms with Gasteiger partial charge < -0.3 is 10.3 Å². The maximum Gasteiger partial charge on any atom is 0.159 e. The lowest BCUT2D eigenvalue weighted by Gasteiger charge is -2.06. The van der Waals surface area contributed by atoms with Crippen LogP contribution in [0, 0.1) is 5.82 Å². The fraction of sp³-hybridized carbons (Fsp3) is 0.156. The highest BCUT2D eigenvalue weighted by Gasteiger charge is 2.18. The van der Waals surface area contributed by atoms with Crippen LogP contribution in [0.2, 0.25) is 0 Å². The van der Waals surface area contributed by atoms with Gasteiger partial charge in [-0.2, -0.15) is 5.10 Å². The van der Waals surface area contributed by atoms with Crippen LogP contribution in [0.25, 0.3) is 51.2 Å². The summed E-state index contributed by atoms with van der Waals surface area (Å²) in [5.41, 5.74) is 6.56. The summed E-state index contributed by atoms with van der Waals surface area (Å²) >= 11 is 0. The van der Waals surface area contributed by atoms with Crippen molar-refractivity contribution in [3.8, 4) is 22.6 Å². The molecular weight excluding hydrogens is 520 g/mol. The molecule has 0 saturated carbocycles. The number of allylic oxidation sites excluding steroid dienone is 1. The summed E-state index contributed by atoms with van der Waals surface area (Å²) in [5, 5.41) is 11.0. The van der Waals surface area contributed by atoms with Crippen molar-refractivity contribution in [2.24, 2.45) is 0 Å². The van der Waals surface area contributed by atoms with Gasteiger partial charge in [0.15, 0.2) is 5.82 Å². The number of aromatic nitrogens is 6. The smallest absolute Gasteiger partial charge is 0.159 e. The maximum atomic E-state index is 15.8. The van der Waals surface area contributed by atoms with E-state index in [1.165, 1.54) is 12.1 Å². The van der Waals surface area contributed by atoms with E-state index in [4.69, 9.17) is 4.98 Å². The van der Waals surface area contributed by atoms with Crippen molar-refractivity contribution in [2.75, 3.05) is 7.05 Å². The second kappa shape index (κ2) is 14.4. The lowest BCUT2D eigenvalue weighted by molar-refractivity contribution is 0.624. The van der Waals surface area contributed by atoms with Crippen molar-refractivity contribution >= 4 is 28.5 Å². The first-order valence-electron chi connectivity index (χ1n) is 13.0. The lowest BCUT2D eigenvalue weighted by atomic mass is 10.0. The van der Waals surface area contributed by atoms with Crippen LogP contribution >= 0.6 is 0 Å². The molecule has 0 bridgehead atoms. The Morgan fingerprint density at radius 3 is 2.54 bits per heavy atom. The molecule has 41 heavy (non-hydrogen) atoms.